The third-order valence-electron chi connectivity index (χ3n) is 1.97. The maximum atomic E-state index is 11.6. The van der Waals surface area contributed by atoms with Crippen molar-refractivity contribution in [2.24, 2.45) is 5.73 Å². The van der Waals surface area contributed by atoms with Crippen LogP contribution in [0.25, 0.3) is 0 Å². The second-order valence-corrected chi connectivity index (χ2v) is 4.76. The number of carbonyl (C=O) groups is 2. The molecule has 1 atom stereocenters. The summed E-state index contributed by atoms with van der Waals surface area (Å²) in [4.78, 5) is 23.5. The van der Waals surface area contributed by atoms with Gasteiger partial charge in [-0.25, -0.2) is 0 Å². The first-order valence-electron chi connectivity index (χ1n) is 5.24. The van der Waals surface area contributed by atoms with E-state index in [0.29, 0.717) is 12.2 Å². The van der Waals surface area contributed by atoms with E-state index in [1.165, 1.54) is 23.8 Å². The summed E-state index contributed by atoms with van der Waals surface area (Å²) >= 11 is 1.33. The molecular formula is C10H20N2O4S. The van der Waals surface area contributed by atoms with Crippen molar-refractivity contribution in [1.29, 1.82) is 0 Å². The average molecular weight is 264 g/mol. The molecule has 7 heteroatoms. The Kier molecular flexibility index (Phi) is 8.83. The average Bonchev–Trinajstić information content (AvgIpc) is 2.23. The molecule has 1 unspecified atom stereocenters. The summed E-state index contributed by atoms with van der Waals surface area (Å²) in [5.74, 6) is 0.318. The molecule has 17 heavy (non-hydrogen) atoms. The Labute approximate surface area is 105 Å². The van der Waals surface area contributed by atoms with Crippen molar-refractivity contribution in [2.75, 3.05) is 38.8 Å². The topological polar surface area (TPSA) is 92.9 Å². The third kappa shape index (κ3) is 8.96. The minimum absolute atomic E-state index is 0.0721. The van der Waals surface area contributed by atoms with Crippen molar-refractivity contribution in [3.8, 4) is 0 Å². The predicted molar refractivity (Wildman–Crippen MR) is 66.7 cm³/mol. The van der Waals surface area contributed by atoms with E-state index in [1.54, 1.807) is 7.05 Å². The van der Waals surface area contributed by atoms with E-state index in [0.717, 1.165) is 0 Å². The lowest BCUT2D eigenvalue weighted by molar-refractivity contribution is -0.131. The first-order valence-corrected chi connectivity index (χ1v) is 6.39. The quantitative estimate of drug-likeness (QED) is 0.524. The van der Waals surface area contributed by atoms with Crippen LogP contribution in [0, 0.1) is 0 Å². The molecule has 0 aliphatic carbocycles. The van der Waals surface area contributed by atoms with Gasteiger partial charge in [0.05, 0.1) is 18.5 Å². The van der Waals surface area contributed by atoms with E-state index in [2.05, 4.69) is 0 Å². The minimum atomic E-state index is -0.674. The van der Waals surface area contributed by atoms with Gasteiger partial charge in [-0.3, -0.25) is 9.59 Å². The minimum Gasteiger partial charge on any atom is -0.389 e. The van der Waals surface area contributed by atoms with Gasteiger partial charge in [0.25, 0.3) is 0 Å². The number of likely N-dealkylation sites (N-methyl/N-ethyl adjacent to an activating group) is 1. The number of methoxy groups -OCH3 is 1. The van der Waals surface area contributed by atoms with E-state index >= 15 is 0 Å². The van der Waals surface area contributed by atoms with Crippen molar-refractivity contribution in [1.82, 2.24) is 4.90 Å². The van der Waals surface area contributed by atoms with Gasteiger partial charge >= 0.3 is 0 Å². The molecule has 0 heterocycles. The molecule has 0 saturated carbocycles. The van der Waals surface area contributed by atoms with Gasteiger partial charge in [0, 0.05) is 32.9 Å². The highest BCUT2D eigenvalue weighted by atomic mass is 32.2. The Hall–Kier alpha value is -0.790. The maximum absolute atomic E-state index is 11.6. The molecule has 0 spiro atoms. The van der Waals surface area contributed by atoms with Gasteiger partial charge in [-0.05, 0) is 0 Å². The Morgan fingerprint density at radius 2 is 2.18 bits per heavy atom. The Morgan fingerprint density at radius 1 is 1.53 bits per heavy atom. The number of hydrogen-bond donors (Lipinski definition) is 2. The zero-order chi connectivity index (χ0) is 13.3. The van der Waals surface area contributed by atoms with Crippen LogP contribution in [-0.2, 0) is 14.3 Å². The fourth-order valence-corrected chi connectivity index (χ4v) is 1.85. The lowest BCUT2D eigenvalue weighted by Gasteiger charge is -2.20. The molecule has 0 aliphatic heterocycles. The predicted octanol–water partition coefficient (Wildman–Crippen LogP) is -0.939. The smallest absolute Gasteiger partial charge is 0.227 e. The number of aliphatic hydroxyl groups is 1. The van der Waals surface area contributed by atoms with Crippen molar-refractivity contribution in [2.45, 2.75) is 12.5 Å². The summed E-state index contributed by atoms with van der Waals surface area (Å²) in [6, 6.07) is 0. The van der Waals surface area contributed by atoms with Gasteiger partial charge in [0.15, 0.2) is 0 Å². The molecule has 0 aromatic carbocycles. The number of nitrogens with two attached hydrogens (primary N) is 1. The highest BCUT2D eigenvalue weighted by molar-refractivity contribution is 7.99. The van der Waals surface area contributed by atoms with Crippen LogP contribution >= 0.6 is 11.8 Å². The van der Waals surface area contributed by atoms with E-state index in [4.69, 9.17) is 10.5 Å². The van der Waals surface area contributed by atoms with Gasteiger partial charge in [-0.1, -0.05) is 0 Å². The fourth-order valence-electron chi connectivity index (χ4n) is 1.19. The molecule has 0 fully saturated rings. The van der Waals surface area contributed by atoms with E-state index < -0.39 is 6.10 Å². The molecule has 0 saturated heterocycles. The van der Waals surface area contributed by atoms with Crippen molar-refractivity contribution >= 4 is 23.6 Å². The fraction of sp³-hybridized carbons (Fsp3) is 0.800. The number of hydrogen-bond acceptors (Lipinski definition) is 5. The van der Waals surface area contributed by atoms with Gasteiger partial charge < -0.3 is 20.5 Å². The van der Waals surface area contributed by atoms with E-state index in [-0.39, 0.29) is 30.7 Å². The van der Waals surface area contributed by atoms with Crippen LogP contribution in [0.1, 0.15) is 6.42 Å². The number of amides is 2. The van der Waals surface area contributed by atoms with Crippen molar-refractivity contribution < 1.29 is 19.4 Å². The summed E-state index contributed by atoms with van der Waals surface area (Å²) in [6.07, 6.45) is -0.346. The number of nitrogens with zero attached hydrogens (tertiary/aromatic N) is 1. The standard InChI is InChI=1S/C10H20N2O4S/c1-12(5-8(13)6-16-2)10(15)3-4-17-7-9(11)14/h8,13H,3-7H2,1-2H3,(H2,11,14). The SMILES string of the molecule is COCC(O)CN(C)C(=O)CCSCC(N)=O. The van der Waals surface area contributed by atoms with E-state index in [1.807, 2.05) is 0 Å². The number of carbonyl (C=O) groups excluding carboxylic acids is 2. The summed E-state index contributed by atoms with van der Waals surface area (Å²) < 4.78 is 4.77. The van der Waals surface area contributed by atoms with Gasteiger partial charge in [0.2, 0.25) is 11.8 Å². The number of aliphatic hydroxyl groups excluding tert-OH is 1. The summed E-state index contributed by atoms with van der Waals surface area (Å²) in [5, 5.41) is 9.43. The number of rotatable bonds is 9. The summed E-state index contributed by atoms with van der Waals surface area (Å²) in [5.41, 5.74) is 4.97. The van der Waals surface area contributed by atoms with Crippen LogP contribution in [0.4, 0.5) is 0 Å². The second-order valence-electron chi connectivity index (χ2n) is 3.65. The third-order valence-corrected chi connectivity index (χ3v) is 2.96. The Balaban J connectivity index is 3.70. The Bertz CT molecular complexity index is 250. The van der Waals surface area contributed by atoms with Gasteiger partial charge in [-0.15, -0.1) is 0 Å². The van der Waals surface area contributed by atoms with Crippen LogP contribution in [0.3, 0.4) is 0 Å². The summed E-state index contributed by atoms with van der Waals surface area (Å²) in [7, 11) is 3.12. The molecule has 0 bridgehead atoms. The largest absolute Gasteiger partial charge is 0.389 e. The maximum Gasteiger partial charge on any atom is 0.227 e. The monoisotopic (exact) mass is 264 g/mol. The molecule has 3 N–H and O–H groups in total. The molecule has 0 rings (SSSR count). The van der Waals surface area contributed by atoms with Gasteiger partial charge in [-0.2, -0.15) is 11.8 Å². The molecule has 2 amide bonds. The summed E-state index contributed by atoms with van der Waals surface area (Å²) in [6.45, 7) is 0.446. The second kappa shape index (κ2) is 9.26. The highest BCUT2D eigenvalue weighted by Gasteiger charge is 2.13. The molecule has 0 aromatic heterocycles. The van der Waals surface area contributed by atoms with Gasteiger partial charge in [0.1, 0.15) is 0 Å². The van der Waals surface area contributed by atoms with Crippen molar-refractivity contribution in [3.63, 3.8) is 0 Å². The van der Waals surface area contributed by atoms with Crippen LogP contribution in [0.15, 0.2) is 0 Å². The zero-order valence-electron chi connectivity index (χ0n) is 10.2. The molecule has 6 nitrogen and oxygen atoms in total. The number of primary amides is 1. The molecule has 100 valence electrons. The number of thioether (sulfide) groups is 1. The van der Waals surface area contributed by atoms with Crippen LogP contribution in [0.2, 0.25) is 0 Å². The Morgan fingerprint density at radius 3 is 2.71 bits per heavy atom. The first kappa shape index (κ1) is 16.2. The van der Waals surface area contributed by atoms with Crippen LogP contribution in [0.5, 0.6) is 0 Å². The molecule has 0 aliphatic rings. The lowest BCUT2D eigenvalue weighted by atomic mass is 10.3. The van der Waals surface area contributed by atoms with Crippen molar-refractivity contribution in [3.05, 3.63) is 0 Å². The van der Waals surface area contributed by atoms with E-state index in [9.17, 15) is 14.7 Å². The normalized spacial score (nSPS) is 12.2. The van der Waals surface area contributed by atoms with Crippen LogP contribution in [-0.4, -0.2) is 66.7 Å². The first-order chi connectivity index (χ1) is 7.97. The lowest BCUT2D eigenvalue weighted by Crippen LogP contribution is -2.36. The molecule has 0 aromatic rings. The zero-order valence-corrected chi connectivity index (χ0v) is 11.0. The molecular weight excluding hydrogens is 244 g/mol. The number of ether oxygens (including phenoxy) is 1. The van der Waals surface area contributed by atoms with Crippen LogP contribution < -0.4 is 5.73 Å². The highest BCUT2D eigenvalue weighted by Crippen LogP contribution is 2.03. The molecule has 0 radical (unpaired) electrons.